The molecule has 5 heteroatoms. The van der Waals surface area contributed by atoms with E-state index in [1.165, 1.54) is 0 Å². The first-order valence-electron chi connectivity index (χ1n) is 5.47. The van der Waals surface area contributed by atoms with Crippen LogP contribution >= 0.6 is 0 Å². The highest BCUT2D eigenvalue weighted by Gasteiger charge is 2.72. The molecule has 2 saturated carbocycles. The third-order valence-corrected chi connectivity index (χ3v) is 3.33. The Bertz CT molecular complexity index is 346. The number of hydrogen-bond donors (Lipinski definition) is 2. The number of fused-ring (bicyclic) bond motifs is 1. The van der Waals surface area contributed by atoms with E-state index in [1.807, 2.05) is 0 Å². The highest BCUT2D eigenvalue weighted by Crippen LogP contribution is 2.67. The van der Waals surface area contributed by atoms with Gasteiger partial charge in [-0.3, -0.25) is 4.79 Å². The summed E-state index contributed by atoms with van der Waals surface area (Å²) in [6.07, 6.45) is 0.762. The largest absolute Gasteiger partial charge is 0.481 e. The predicted octanol–water partition coefficient (Wildman–Crippen LogP) is 1.37. The predicted molar refractivity (Wildman–Crippen MR) is 56.0 cm³/mol. The smallest absolute Gasteiger partial charge is 0.407 e. The van der Waals surface area contributed by atoms with Crippen molar-refractivity contribution >= 4 is 12.1 Å². The van der Waals surface area contributed by atoms with E-state index in [1.54, 1.807) is 20.8 Å². The quantitative estimate of drug-likeness (QED) is 0.747. The number of carbonyl (C=O) groups excluding carboxylic acids is 1. The normalized spacial score (nSPS) is 35.7. The van der Waals surface area contributed by atoms with Crippen molar-refractivity contribution in [2.24, 2.45) is 11.3 Å². The Morgan fingerprint density at radius 3 is 2.38 bits per heavy atom. The number of nitrogens with one attached hydrogen (secondary N) is 1. The van der Waals surface area contributed by atoms with Gasteiger partial charge >= 0.3 is 12.1 Å². The van der Waals surface area contributed by atoms with Gasteiger partial charge in [-0.15, -0.1) is 0 Å². The molecule has 16 heavy (non-hydrogen) atoms. The Labute approximate surface area is 94.2 Å². The first kappa shape index (κ1) is 11.2. The van der Waals surface area contributed by atoms with E-state index in [0.717, 1.165) is 0 Å². The van der Waals surface area contributed by atoms with Gasteiger partial charge in [-0.2, -0.15) is 0 Å². The van der Waals surface area contributed by atoms with E-state index in [-0.39, 0.29) is 12.0 Å². The van der Waals surface area contributed by atoms with Crippen LogP contribution in [0.25, 0.3) is 0 Å². The minimum Gasteiger partial charge on any atom is -0.481 e. The van der Waals surface area contributed by atoms with Crippen LogP contribution in [0.4, 0.5) is 4.79 Å². The zero-order valence-corrected chi connectivity index (χ0v) is 9.74. The summed E-state index contributed by atoms with van der Waals surface area (Å²) in [6.45, 7) is 5.39. The Balaban J connectivity index is 1.79. The number of aliphatic carboxylic acids is 1. The Morgan fingerprint density at radius 1 is 1.38 bits per heavy atom. The summed E-state index contributed by atoms with van der Waals surface area (Å²) in [7, 11) is 0. The molecule has 1 amide bonds. The average molecular weight is 227 g/mol. The summed E-state index contributed by atoms with van der Waals surface area (Å²) in [4.78, 5) is 22.3. The summed E-state index contributed by atoms with van der Waals surface area (Å²) >= 11 is 0. The van der Waals surface area contributed by atoms with Gasteiger partial charge in [0.2, 0.25) is 0 Å². The van der Waals surface area contributed by atoms with Crippen molar-refractivity contribution in [3.8, 4) is 0 Å². The summed E-state index contributed by atoms with van der Waals surface area (Å²) in [5.74, 6) is -0.628. The van der Waals surface area contributed by atoms with Gasteiger partial charge < -0.3 is 15.2 Å². The van der Waals surface area contributed by atoms with Crippen LogP contribution in [0.3, 0.4) is 0 Å². The Kier molecular flexibility index (Phi) is 2.19. The molecule has 0 aromatic carbocycles. The lowest BCUT2D eigenvalue weighted by Crippen LogP contribution is -2.49. The average Bonchev–Trinajstić information content (AvgIpc) is 2.65. The third-order valence-electron chi connectivity index (χ3n) is 3.33. The fraction of sp³-hybridized carbons (Fsp3) is 0.818. The molecular weight excluding hydrogens is 210 g/mol. The van der Waals surface area contributed by atoms with Gasteiger partial charge in [-0.25, -0.2) is 4.79 Å². The second-order valence-electron chi connectivity index (χ2n) is 5.73. The fourth-order valence-corrected chi connectivity index (χ4v) is 2.41. The molecule has 0 bridgehead atoms. The zero-order valence-electron chi connectivity index (χ0n) is 9.74. The minimum atomic E-state index is -0.736. The third kappa shape index (κ3) is 1.74. The highest BCUT2D eigenvalue weighted by molar-refractivity contribution is 5.82. The molecule has 2 rings (SSSR count). The van der Waals surface area contributed by atoms with Crippen molar-refractivity contribution in [1.82, 2.24) is 5.32 Å². The van der Waals surface area contributed by atoms with E-state index < -0.39 is 23.1 Å². The molecule has 2 aliphatic carbocycles. The lowest BCUT2D eigenvalue weighted by Gasteiger charge is -2.32. The maximum absolute atomic E-state index is 11.4. The topological polar surface area (TPSA) is 75.6 Å². The van der Waals surface area contributed by atoms with Crippen LogP contribution in [0, 0.1) is 11.3 Å². The fourth-order valence-electron chi connectivity index (χ4n) is 2.41. The summed E-state index contributed by atoms with van der Waals surface area (Å²) < 4.78 is 5.11. The van der Waals surface area contributed by atoms with Gasteiger partial charge in [-0.1, -0.05) is 0 Å². The van der Waals surface area contributed by atoms with Gasteiger partial charge in [0, 0.05) is 6.04 Å². The Hall–Kier alpha value is -1.26. The van der Waals surface area contributed by atoms with E-state index in [0.29, 0.717) is 12.8 Å². The van der Waals surface area contributed by atoms with Crippen molar-refractivity contribution < 1.29 is 19.4 Å². The van der Waals surface area contributed by atoms with Crippen molar-refractivity contribution in [1.29, 1.82) is 0 Å². The molecule has 0 saturated heterocycles. The zero-order chi connectivity index (χ0) is 12.1. The van der Waals surface area contributed by atoms with E-state index in [4.69, 9.17) is 9.84 Å². The van der Waals surface area contributed by atoms with Gasteiger partial charge in [-0.05, 0) is 39.5 Å². The van der Waals surface area contributed by atoms with E-state index in [9.17, 15) is 9.59 Å². The van der Waals surface area contributed by atoms with Gasteiger partial charge in [0.25, 0.3) is 0 Å². The Morgan fingerprint density at radius 2 is 2.00 bits per heavy atom. The first-order valence-corrected chi connectivity index (χ1v) is 5.47. The van der Waals surface area contributed by atoms with Crippen molar-refractivity contribution in [2.45, 2.75) is 45.3 Å². The number of alkyl carbamates (subject to hydrolysis) is 1. The molecule has 2 aliphatic rings. The number of carboxylic acid groups (broad SMARTS) is 1. The lowest BCUT2D eigenvalue weighted by molar-refractivity contribution is -0.147. The molecule has 0 aromatic heterocycles. The molecule has 0 aliphatic heterocycles. The number of rotatable bonds is 2. The van der Waals surface area contributed by atoms with Crippen LogP contribution in [0.1, 0.15) is 33.6 Å². The van der Waals surface area contributed by atoms with Crippen LogP contribution in [0.5, 0.6) is 0 Å². The molecule has 0 spiro atoms. The molecular formula is C11H17NO4. The van der Waals surface area contributed by atoms with Crippen LogP contribution < -0.4 is 5.32 Å². The minimum absolute atomic E-state index is 0.0223. The molecule has 2 N–H and O–H groups in total. The van der Waals surface area contributed by atoms with Crippen molar-refractivity contribution in [2.75, 3.05) is 0 Å². The number of hydrogen-bond acceptors (Lipinski definition) is 3. The highest BCUT2D eigenvalue weighted by atomic mass is 16.6. The summed E-state index contributed by atoms with van der Waals surface area (Å²) in [6, 6.07) is -0.0223. The van der Waals surface area contributed by atoms with Crippen LogP contribution in [0.2, 0.25) is 0 Å². The SMILES string of the molecule is CC(C)(C)OC(=O)NC1CC2(C(=O)O)CC12. The van der Waals surface area contributed by atoms with Crippen molar-refractivity contribution in [3.05, 3.63) is 0 Å². The van der Waals surface area contributed by atoms with Crippen LogP contribution in [-0.2, 0) is 9.53 Å². The van der Waals surface area contributed by atoms with Gasteiger partial charge in [0.1, 0.15) is 5.60 Å². The molecule has 2 fully saturated rings. The van der Waals surface area contributed by atoms with Gasteiger partial charge in [0.05, 0.1) is 5.41 Å². The summed E-state index contributed by atoms with van der Waals surface area (Å²) in [5, 5.41) is 11.6. The molecule has 3 atom stereocenters. The van der Waals surface area contributed by atoms with Crippen LogP contribution in [0.15, 0.2) is 0 Å². The molecule has 0 heterocycles. The maximum Gasteiger partial charge on any atom is 0.407 e. The maximum atomic E-state index is 11.4. The molecule has 5 nitrogen and oxygen atoms in total. The number of carboxylic acids is 1. The number of amides is 1. The molecule has 90 valence electrons. The number of ether oxygens (including phenoxy) is 1. The lowest BCUT2D eigenvalue weighted by atomic mass is 9.80. The van der Waals surface area contributed by atoms with Crippen molar-refractivity contribution in [3.63, 3.8) is 0 Å². The standard InChI is InChI=1S/C11H17NO4/c1-10(2,3)16-9(15)12-7-5-11(8(13)14)4-6(7)11/h6-7H,4-5H2,1-3H3,(H,12,15)(H,13,14). The first-order chi connectivity index (χ1) is 7.24. The van der Waals surface area contributed by atoms with Crippen LogP contribution in [-0.4, -0.2) is 28.8 Å². The monoisotopic (exact) mass is 227 g/mol. The number of carbonyl (C=O) groups is 2. The van der Waals surface area contributed by atoms with E-state index in [2.05, 4.69) is 5.32 Å². The second kappa shape index (κ2) is 3.12. The second-order valence-corrected chi connectivity index (χ2v) is 5.73. The van der Waals surface area contributed by atoms with E-state index >= 15 is 0 Å². The molecule has 3 unspecified atom stereocenters. The molecule has 0 aromatic rings. The molecule has 0 radical (unpaired) electrons. The van der Waals surface area contributed by atoms with Gasteiger partial charge in [0.15, 0.2) is 0 Å². The summed E-state index contributed by atoms with van der Waals surface area (Å²) in [5.41, 5.74) is -1.04.